The average molecular weight is 221 g/mol. The number of aliphatic hydroxyl groups is 2. The zero-order valence-corrected chi connectivity index (χ0v) is 8.29. The lowest BCUT2D eigenvalue weighted by Gasteiger charge is -2.05. The molecule has 1 atom stereocenters. The van der Waals surface area contributed by atoms with Crippen LogP contribution in [-0.2, 0) is 0 Å². The van der Waals surface area contributed by atoms with Gasteiger partial charge < -0.3 is 10.2 Å². The Hall–Kier alpha value is -0.360. The quantitative estimate of drug-likeness (QED) is 0.441. The number of aromatic nitrogens is 2. The first kappa shape index (κ1) is 10.7. The van der Waals surface area contributed by atoms with Crippen molar-refractivity contribution < 1.29 is 10.2 Å². The van der Waals surface area contributed by atoms with Gasteiger partial charge in [-0.25, -0.2) is 9.97 Å². The molecule has 72 valence electrons. The number of hydrogen-bond acceptors (Lipinski definition) is 5. The van der Waals surface area contributed by atoms with E-state index in [9.17, 15) is 0 Å². The molecule has 1 aromatic heterocycles. The molecule has 0 saturated heterocycles. The molecule has 1 heterocycles. The van der Waals surface area contributed by atoms with Crippen LogP contribution in [0.15, 0.2) is 17.3 Å². The van der Waals surface area contributed by atoms with E-state index in [1.807, 2.05) is 0 Å². The average Bonchev–Trinajstić information content (AvgIpc) is 2.14. The first-order valence-corrected chi connectivity index (χ1v) is 4.99. The van der Waals surface area contributed by atoms with E-state index in [1.165, 1.54) is 11.8 Å². The highest BCUT2D eigenvalue weighted by atomic mass is 35.5. The van der Waals surface area contributed by atoms with Crippen LogP contribution in [0.3, 0.4) is 0 Å². The molecule has 0 aromatic carbocycles. The van der Waals surface area contributed by atoms with E-state index < -0.39 is 6.10 Å². The monoisotopic (exact) mass is 220 g/mol. The van der Waals surface area contributed by atoms with E-state index in [-0.39, 0.29) is 11.9 Å². The molecule has 0 radical (unpaired) electrons. The Bertz CT molecular complexity index is 274. The molecule has 0 bridgehead atoms. The highest BCUT2D eigenvalue weighted by molar-refractivity contribution is 7.99. The van der Waals surface area contributed by atoms with Gasteiger partial charge in [-0.3, -0.25) is 0 Å². The largest absolute Gasteiger partial charge is 0.394 e. The van der Waals surface area contributed by atoms with Crippen molar-refractivity contribution >= 4 is 23.4 Å². The molecular weight excluding hydrogens is 212 g/mol. The van der Waals surface area contributed by atoms with Crippen LogP contribution >= 0.6 is 23.4 Å². The highest BCUT2D eigenvalue weighted by Crippen LogP contribution is 2.16. The zero-order valence-electron chi connectivity index (χ0n) is 6.72. The molecule has 1 unspecified atom stereocenters. The molecule has 4 nitrogen and oxygen atoms in total. The van der Waals surface area contributed by atoms with Gasteiger partial charge in [0.1, 0.15) is 5.03 Å². The van der Waals surface area contributed by atoms with Gasteiger partial charge in [-0.05, 0) is 17.7 Å². The van der Waals surface area contributed by atoms with E-state index in [2.05, 4.69) is 9.97 Å². The Morgan fingerprint density at radius 3 is 3.00 bits per heavy atom. The number of rotatable bonds is 4. The number of hydrogen-bond donors (Lipinski definition) is 2. The molecule has 0 amide bonds. The van der Waals surface area contributed by atoms with E-state index in [4.69, 9.17) is 21.8 Å². The summed E-state index contributed by atoms with van der Waals surface area (Å²) in [6.07, 6.45) is 0.821. The number of halogens is 1. The highest BCUT2D eigenvalue weighted by Gasteiger charge is 2.04. The zero-order chi connectivity index (χ0) is 9.68. The van der Waals surface area contributed by atoms with E-state index in [1.54, 1.807) is 12.3 Å². The summed E-state index contributed by atoms with van der Waals surface area (Å²) in [5.41, 5.74) is 0. The normalized spacial score (nSPS) is 12.8. The van der Waals surface area contributed by atoms with Crippen LogP contribution in [0, 0.1) is 0 Å². The van der Waals surface area contributed by atoms with Crippen molar-refractivity contribution in [2.45, 2.75) is 11.1 Å². The molecule has 0 fully saturated rings. The molecule has 0 aliphatic carbocycles. The fraction of sp³-hybridized carbons (Fsp3) is 0.429. The van der Waals surface area contributed by atoms with Crippen LogP contribution in [0.5, 0.6) is 0 Å². The summed E-state index contributed by atoms with van der Waals surface area (Å²) in [7, 11) is 0. The molecular formula is C7H9ClN2O2S. The number of aliphatic hydroxyl groups excluding tert-OH is 2. The summed E-state index contributed by atoms with van der Waals surface area (Å²) >= 11 is 6.87. The molecule has 0 aliphatic rings. The third-order valence-electron chi connectivity index (χ3n) is 1.23. The number of thioether (sulfide) groups is 1. The summed E-state index contributed by atoms with van der Waals surface area (Å²) in [6, 6.07) is 1.70. The standard InChI is InChI=1S/C7H9ClN2O2S/c8-7-9-2-1-6(10-7)13-4-5(12)3-11/h1-2,5,11-12H,3-4H2. The maximum atomic E-state index is 9.04. The van der Waals surface area contributed by atoms with Gasteiger partial charge in [-0.2, -0.15) is 0 Å². The summed E-state index contributed by atoms with van der Waals surface area (Å²) in [4.78, 5) is 7.62. The minimum absolute atomic E-state index is 0.184. The Balaban J connectivity index is 2.45. The Kier molecular flexibility index (Phi) is 4.44. The number of nitrogens with zero attached hydrogens (tertiary/aromatic N) is 2. The van der Waals surface area contributed by atoms with Crippen molar-refractivity contribution in [3.05, 3.63) is 17.5 Å². The molecule has 0 spiro atoms. The van der Waals surface area contributed by atoms with E-state index >= 15 is 0 Å². The van der Waals surface area contributed by atoms with Crippen LogP contribution in [0.4, 0.5) is 0 Å². The maximum Gasteiger partial charge on any atom is 0.223 e. The molecule has 2 N–H and O–H groups in total. The third kappa shape index (κ3) is 3.91. The third-order valence-corrected chi connectivity index (χ3v) is 2.49. The van der Waals surface area contributed by atoms with Crippen molar-refractivity contribution in [1.29, 1.82) is 0 Å². The Morgan fingerprint density at radius 2 is 2.38 bits per heavy atom. The van der Waals surface area contributed by atoms with Crippen LogP contribution in [-0.4, -0.2) is 38.6 Å². The van der Waals surface area contributed by atoms with Crippen molar-refractivity contribution in [3.63, 3.8) is 0 Å². The summed E-state index contributed by atoms with van der Waals surface area (Å²) < 4.78 is 0. The summed E-state index contributed by atoms with van der Waals surface area (Å²) in [5, 5.41) is 18.5. The molecule has 0 saturated carbocycles. The fourth-order valence-corrected chi connectivity index (χ4v) is 1.61. The van der Waals surface area contributed by atoms with E-state index in [0.717, 1.165) is 0 Å². The molecule has 0 aliphatic heterocycles. The van der Waals surface area contributed by atoms with Gasteiger partial charge in [0.05, 0.1) is 12.7 Å². The topological polar surface area (TPSA) is 66.2 Å². The van der Waals surface area contributed by atoms with E-state index in [0.29, 0.717) is 10.8 Å². The van der Waals surface area contributed by atoms with Gasteiger partial charge in [0.2, 0.25) is 5.28 Å². The van der Waals surface area contributed by atoms with Crippen molar-refractivity contribution in [1.82, 2.24) is 9.97 Å². The predicted molar refractivity (Wildman–Crippen MR) is 50.9 cm³/mol. The maximum absolute atomic E-state index is 9.04. The summed E-state index contributed by atoms with van der Waals surface area (Å²) in [6.45, 7) is -0.244. The molecule has 13 heavy (non-hydrogen) atoms. The fourth-order valence-electron chi connectivity index (χ4n) is 0.634. The first-order valence-electron chi connectivity index (χ1n) is 3.62. The van der Waals surface area contributed by atoms with Crippen LogP contribution in [0.1, 0.15) is 0 Å². The van der Waals surface area contributed by atoms with Crippen molar-refractivity contribution in [2.24, 2.45) is 0 Å². The minimum Gasteiger partial charge on any atom is -0.394 e. The lowest BCUT2D eigenvalue weighted by atomic mass is 10.4. The van der Waals surface area contributed by atoms with Gasteiger partial charge in [0, 0.05) is 11.9 Å². The molecule has 1 aromatic rings. The Labute approximate surface area is 85.0 Å². The minimum atomic E-state index is -0.723. The Morgan fingerprint density at radius 1 is 1.62 bits per heavy atom. The van der Waals surface area contributed by atoms with Gasteiger partial charge in [0.25, 0.3) is 0 Å². The smallest absolute Gasteiger partial charge is 0.223 e. The van der Waals surface area contributed by atoms with Crippen LogP contribution in [0.25, 0.3) is 0 Å². The predicted octanol–water partition coefficient (Wildman–Crippen LogP) is 0.575. The van der Waals surface area contributed by atoms with Gasteiger partial charge >= 0.3 is 0 Å². The molecule has 6 heteroatoms. The van der Waals surface area contributed by atoms with Gasteiger partial charge in [-0.15, -0.1) is 11.8 Å². The second-order valence-electron chi connectivity index (χ2n) is 2.31. The summed E-state index contributed by atoms with van der Waals surface area (Å²) in [5.74, 6) is 0.393. The first-order chi connectivity index (χ1) is 6.22. The van der Waals surface area contributed by atoms with Crippen LogP contribution in [0.2, 0.25) is 5.28 Å². The lowest BCUT2D eigenvalue weighted by Crippen LogP contribution is -2.14. The second kappa shape index (κ2) is 5.39. The van der Waals surface area contributed by atoms with Gasteiger partial charge in [-0.1, -0.05) is 0 Å². The molecule has 1 rings (SSSR count). The second-order valence-corrected chi connectivity index (χ2v) is 3.69. The van der Waals surface area contributed by atoms with Gasteiger partial charge in [0.15, 0.2) is 0 Å². The van der Waals surface area contributed by atoms with Crippen molar-refractivity contribution in [3.8, 4) is 0 Å². The lowest BCUT2D eigenvalue weighted by molar-refractivity contribution is 0.113. The van der Waals surface area contributed by atoms with Crippen molar-refractivity contribution in [2.75, 3.05) is 12.4 Å². The SMILES string of the molecule is OCC(O)CSc1ccnc(Cl)n1. The van der Waals surface area contributed by atoms with Crippen LogP contribution < -0.4 is 0 Å².